The largest absolute Gasteiger partial charge is 0.357 e. The van der Waals surface area contributed by atoms with E-state index in [9.17, 15) is 4.39 Å². The standard InChI is InChI=1S/C15H20FN5.HI/c1-2-17-15(18-8-10-21-9-4-7-20-21)19-12-13-5-3-6-14(16)11-13;/h3-7,9,11H,2,8,10,12H2,1H3,(H2,17,18,19);1H. The van der Waals surface area contributed by atoms with Crippen LogP contribution in [0.1, 0.15) is 12.5 Å². The van der Waals surface area contributed by atoms with Gasteiger partial charge in [-0.2, -0.15) is 5.10 Å². The summed E-state index contributed by atoms with van der Waals surface area (Å²) in [5.74, 6) is 0.480. The van der Waals surface area contributed by atoms with Crippen molar-refractivity contribution in [3.05, 3.63) is 54.1 Å². The molecule has 1 aromatic heterocycles. The molecule has 0 atom stereocenters. The summed E-state index contributed by atoms with van der Waals surface area (Å²) in [4.78, 5) is 4.44. The van der Waals surface area contributed by atoms with Crippen LogP contribution in [0.25, 0.3) is 0 Å². The zero-order chi connectivity index (χ0) is 14.9. The summed E-state index contributed by atoms with van der Waals surface area (Å²) in [6.07, 6.45) is 3.67. The number of aromatic nitrogens is 2. The molecule has 5 nitrogen and oxygen atoms in total. The fraction of sp³-hybridized carbons (Fsp3) is 0.333. The van der Waals surface area contributed by atoms with Crippen molar-refractivity contribution in [3.63, 3.8) is 0 Å². The van der Waals surface area contributed by atoms with Crippen molar-refractivity contribution in [3.8, 4) is 0 Å². The number of rotatable bonds is 6. The molecule has 0 saturated carbocycles. The Morgan fingerprint density at radius 2 is 2.18 bits per heavy atom. The Morgan fingerprint density at radius 3 is 2.86 bits per heavy atom. The molecule has 0 unspecified atom stereocenters. The fourth-order valence-electron chi connectivity index (χ4n) is 1.87. The van der Waals surface area contributed by atoms with Crippen molar-refractivity contribution in [2.45, 2.75) is 20.0 Å². The molecule has 0 aliphatic carbocycles. The third kappa shape index (κ3) is 6.42. The Balaban J connectivity index is 0.00000242. The van der Waals surface area contributed by atoms with Crippen molar-refractivity contribution < 1.29 is 4.39 Å². The molecule has 0 aliphatic rings. The molecule has 1 aromatic carbocycles. The van der Waals surface area contributed by atoms with Crippen LogP contribution in [0, 0.1) is 5.82 Å². The molecule has 0 saturated heterocycles. The summed E-state index contributed by atoms with van der Waals surface area (Å²) in [6.45, 7) is 4.70. The van der Waals surface area contributed by atoms with Crippen molar-refractivity contribution in [1.29, 1.82) is 0 Å². The molecule has 120 valence electrons. The van der Waals surface area contributed by atoms with E-state index in [0.29, 0.717) is 12.5 Å². The van der Waals surface area contributed by atoms with E-state index < -0.39 is 0 Å². The van der Waals surface area contributed by atoms with Crippen LogP contribution in [-0.4, -0.2) is 28.8 Å². The SMILES string of the molecule is CCNC(=NCc1cccc(F)c1)NCCn1cccn1.I. The highest BCUT2D eigenvalue weighted by Crippen LogP contribution is 2.04. The van der Waals surface area contributed by atoms with Crippen LogP contribution in [-0.2, 0) is 13.1 Å². The number of nitrogens with one attached hydrogen (secondary N) is 2. The van der Waals surface area contributed by atoms with E-state index in [1.807, 2.05) is 29.9 Å². The second-order valence-electron chi connectivity index (χ2n) is 4.52. The van der Waals surface area contributed by atoms with Gasteiger partial charge in [-0.05, 0) is 30.7 Å². The summed E-state index contributed by atoms with van der Waals surface area (Å²) >= 11 is 0. The number of guanidine groups is 1. The van der Waals surface area contributed by atoms with Gasteiger partial charge in [-0.25, -0.2) is 9.38 Å². The Morgan fingerprint density at radius 1 is 1.32 bits per heavy atom. The molecule has 2 N–H and O–H groups in total. The summed E-state index contributed by atoms with van der Waals surface area (Å²) in [6, 6.07) is 8.37. The second kappa shape index (κ2) is 10.1. The molecular weight excluding hydrogens is 396 g/mol. The van der Waals surface area contributed by atoms with E-state index in [1.54, 1.807) is 12.3 Å². The van der Waals surface area contributed by atoms with Gasteiger partial charge in [0.1, 0.15) is 5.82 Å². The number of halogens is 2. The van der Waals surface area contributed by atoms with Crippen LogP contribution in [0.15, 0.2) is 47.7 Å². The van der Waals surface area contributed by atoms with Gasteiger partial charge in [-0.1, -0.05) is 12.1 Å². The van der Waals surface area contributed by atoms with E-state index in [4.69, 9.17) is 0 Å². The first-order valence-corrected chi connectivity index (χ1v) is 7.02. The molecule has 2 aromatic rings. The second-order valence-corrected chi connectivity index (χ2v) is 4.52. The first-order valence-electron chi connectivity index (χ1n) is 7.02. The maximum Gasteiger partial charge on any atom is 0.191 e. The fourth-order valence-corrected chi connectivity index (χ4v) is 1.87. The van der Waals surface area contributed by atoms with Crippen LogP contribution >= 0.6 is 24.0 Å². The van der Waals surface area contributed by atoms with Gasteiger partial charge in [-0.3, -0.25) is 4.68 Å². The van der Waals surface area contributed by atoms with Gasteiger partial charge in [-0.15, -0.1) is 24.0 Å². The third-order valence-corrected chi connectivity index (χ3v) is 2.85. The molecule has 2 rings (SSSR count). The lowest BCUT2D eigenvalue weighted by molar-refractivity contribution is 0.597. The lowest BCUT2D eigenvalue weighted by Crippen LogP contribution is -2.38. The quantitative estimate of drug-likeness (QED) is 0.431. The number of hydrogen-bond donors (Lipinski definition) is 2. The van der Waals surface area contributed by atoms with Gasteiger partial charge >= 0.3 is 0 Å². The lowest BCUT2D eigenvalue weighted by Gasteiger charge is -2.11. The summed E-state index contributed by atoms with van der Waals surface area (Å²) in [7, 11) is 0. The molecule has 0 spiro atoms. The third-order valence-electron chi connectivity index (χ3n) is 2.85. The van der Waals surface area contributed by atoms with Gasteiger partial charge < -0.3 is 10.6 Å². The Bertz CT molecular complexity index is 571. The van der Waals surface area contributed by atoms with Crippen LogP contribution in [0.2, 0.25) is 0 Å². The topological polar surface area (TPSA) is 54.2 Å². The van der Waals surface area contributed by atoms with E-state index in [0.717, 1.165) is 25.2 Å². The smallest absolute Gasteiger partial charge is 0.191 e. The van der Waals surface area contributed by atoms with Crippen LogP contribution in [0.4, 0.5) is 4.39 Å². The minimum Gasteiger partial charge on any atom is -0.357 e. The van der Waals surface area contributed by atoms with Gasteiger partial charge in [0.25, 0.3) is 0 Å². The van der Waals surface area contributed by atoms with Gasteiger partial charge in [0, 0.05) is 25.5 Å². The summed E-state index contributed by atoms with van der Waals surface area (Å²) in [5.41, 5.74) is 0.847. The first-order chi connectivity index (χ1) is 10.3. The normalized spacial score (nSPS) is 10.9. The molecule has 0 radical (unpaired) electrons. The van der Waals surface area contributed by atoms with E-state index in [1.165, 1.54) is 12.1 Å². The monoisotopic (exact) mass is 417 g/mol. The van der Waals surface area contributed by atoms with Crippen LogP contribution < -0.4 is 10.6 Å². The van der Waals surface area contributed by atoms with E-state index in [-0.39, 0.29) is 29.8 Å². The maximum absolute atomic E-state index is 13.1. The summed E-state index contributed by atoms with van der Waals surface area (Å²) < 4.78 is 15.0. The number of benzene rings is 1. The van der Waals surface area contributed by atoms with Crippen LogP contribution in [0.5, 0.6) is 0 Å². The van der Waals surface area contributed by atoms with E-state index >= 15 is 0 Å². The van der Waals surface area contributed by atoms with E-state index in [2.05, 4.69) is 20.7 Å². The zero-order valence-corrected chi connectivity index (χ0v) is 14.8. The van der Waals surface area contributed by atoms with Gasteiger partial charge in [0.15, 0.2) is 5.96 Å². The minimum absolute atomic E-state index is 0. The minimum atomic E-state index is -0.237. The Hall–Kier alpha value is -1.64. The number of nitrogens with zero attached hydrogens (tertiary/aromatic N) is 3. The molecular formula is C15H21FIN5. The van der Waals surface area contributed by atoms with Gasteiger partial charge in [0.05, 0.1) is 13.1 Å². The van der Waals surface area contributed by atoms with Crippen molar-refractivity contribution in [1.82, 2.24) is 20.4 Å². The zero-order valence-electron chi connectivity index (χ0n) is 12.5. The summed E-state index contributed by atoms with van der Waals surface area (Å²) in [5, 5.41) is 10.5. The molecule has 0 bridgehead atoms. The van der Waals surface area contributed by atoms with Crippen molar-refractivity contribution in [2.75, 3.05) is 13.1 Å². The molecule has 0 aliphatic heterocycles. The number of hydrogen-bond acceptors (Lipinski definition) is 2. The molecule has 7 heteroatoms. The molecule has 22 heavy (non-hydrogen) atoms. The predicted octanol–water partition coefficient (Wildman–Crippen LogP) is 2.40. The maximum atomic E-state index is 13.1. The highest BCUT2D eigenvalue weighted by Gasteiger charge is 1.99. The van der Waals surface area contributed by atoms with Crippen molar-refractivity contribution in [2.24, 2.45) is 4.99 Å². The molecule has 1 heterocycles. The van der Waals surface area contributed by atoms with Crippen molar-refractivity contribution >= 4 is 29.9 Å². The van der Waals surface area contributed by atoms with Gasteiger partial charge in [0.2, 0.25) is 0 Å². The average Bonchev–Trinajstić information content (AvgIpc) is 2.98. The predicted molar refractivity (Wildman–Crippen MR) is 96.9 cm³/mol. The highest BCUT2D eigenvalue weighted by molar-refractivity contribution is 14.0. The molecule has 0 amide bonds. The number of aliphatic imine (C=N–C) groups is 1. The average molecular weight is 417 g/mol. The highest BCUT2D eigenvalue weighted by atomic mass is 127. The Kier molecular flexibility index (Phi) is 8.49. The molecule has 0 fully saturated rings. The first kappa shape index (κ1) is 18.4. The lowest BCUT2D eigenvalue weighted by atomic mass is 10.2. The Labute approximate surface area is 147 Å². The van der Waals surface area contributed by atoms with Crippen LogP contribution in [0.3, 0.4) is 0 Å².